The number of unbranched alkanes of at least 4 members (excludes halogenated alkanes) is 2. The summed E-state index contributed by atoms with van der Waals surface area (Å²) in [7, 11) is -4.47. The smallest absolute Gasteiger partial charge is 0.268 e. The third kappa shape index (κ3) is 5.60. The second kappa shape index (κ2) is 9.75. The number of rotatable bonds is 9. The molecule has 7 nitrogen and oxygen atoms in total. The number of amides is 1. The Hall–Kier alpha value is -2.87. The van der Waals surface area contributed by atoms with Gasteiger partial charge in [-0.1, -0.05) is 49.6 Å². The van der Waals surface area contributed by atoms with E-state index in [1.807, 2.05) is 24.6 Å². The number of hydrogen-bond donors (Lipinski definition) is 3. The minimum Gasteiger partial charge on any atom is -0.507 e. The Bertz CT molecular complexity index is 1060. The number of Topliss-reactive ketones (excluding diaryl/α,β-unsaturated/α-hetero) is 1. The molecule has 2 aromatic carbocycles. The van der Waals surface area contributed by atoms with Gasteiger partial charge in [0.15, 0.2) is 0 Å². The quantitative estimate of drug-likeness (QED) is 0.410. The number of hydrogen-bond acceptors (Lipinski definition) is 6. The maximum atomic E-state index is 13.0. The Morgan fingerprint density at radius 1 is 1.10 bits per heavy atom. The van der Waals surface area contributed by atoms with Crippen LogP contribution >= 0.6 is 0 Å². The van der Waals surface area contributed by atoms with Crippen molar-refractivity contribution in [2.75, 3.05) is 0 Å². The summed E-state index contributed by atoms with van der Waals surface area (Å²) in [4.78, 5) is 22.7. The van der Waals surface area contributed by atoms with Gasteiger partial charge >= 0.3 is 0 Å². The van der Waals surface area contributed by atoms with Crippen LogP contribution in [0.25, 0.3) is 11.1 Å². The average Bonchev–Trinajstić information content (AvgIpc) is 2.60. The number of aryl methyl sites for hydroxylation is 2. The number of sulfonamides is 1. The lowest BCUT2D eigenvalue weighted by molar-refractivity contribution is -0.126. The lowest BCUT2D eigenvalue weighted by Crippen LogP contribution is -2.32. The van der Waals surface area contributed by atoms with E-state index in [-0.39, 0.29) is 16.9 Å². The normalized spacial score (nSPS) is 11.3. The number of phenolic OH excluding ortho intramolecular Hbond substituents is 2. The summed E-state index contributed by atoms with van der Waals surface area (Å²) in [6.45, 7) is 5.00. The fourth-order valence-electron chi connectivity index (χ4n) is 3.29. The fraction of sp³-hybridized carbons (Fsp3) is 0.364. The van der Waals surface area contributed by atoms with Crippen LogP contribution in [0.5, 0.6) is 11.5 Å². The van der Waals surface area contributed by atoms with E-state index in [0.29, 0.717) is 18.4 Å². The van der Waals surface area contributed by atoms with Crippen molar-refractivity contribution < 1.29 is 28.2 Å². The minimum absolute atomic E-state index is 0.0302. The van der Waals surface area contributed by atoms with Gasteiger partial charge in [0.2, 0.25) is 5.91 Å². The predicted molar refractivity (Wildman–Crippen MR) is 114 cm³/mol. The molecule has 0 spiro atoms. The molecule has 0 aromatic heterocycles. The average molecular weight is 434 g/mol. The first kappa shape index (κ1) is 23.4. The summed E-state index contributed by atoms with van der Waals surface area (Å²) in [5.41, 5.74) is 1.48. The van der Waals surface area contributed by atoms with Crippen LogP contribution < -0.4 is 4.72 Å². The number of carbonyl (C=O) groups excluding carboxylic acids is 2. The van der Waals surface area contributed by atoms with E-state index in [1.54, 1.807) is 18.2 Å². The molecule has 0 atom stereocenters. The van der Waals surface area contributed by atoms with Crippen molar-refractivity contribution >= 4 is 21.7 Å². The molecule has 0 saturated heterocycles. The zero-order valence-electron chi connectivity index (χ0n) is 17.4. The second-order valence-corrected chi connectivity index (χ2v) is 8.96. The monoisotopic (exact) mass is 433 g/mol. The van der Waals surface area contributed by atoms with Crippen LogP contribution in [0.4, 0.5) is 0 Å². The minimum atomic E-state index is -4.47. The van der Waals surface area contributed by atoms with Crippen molar-refractivity contribution in [3.63, 3.8) is 0 Å². The van der Waals surface area contributed by atoms with Crippen molar-refractivity contribution in [1.82, 2.24) is 4.72 Å². The molecule has 3 N–H and O–H groups in total. The van der Waals surface area contributed by atoms with Gasteiger partial charge in [0, 0.05) is 0 Å². The van der Waals surface area contributed by atoms with E-state index in [1.165, 1.54) is 13.0 Å². The molecule has 0 saturated carbocycles. The molecule has 1 amide bonds. The molecule has 0 radical (unpaired) electrons. The predicted octanol–water partition coefficient (Wildman–Crippen LogP) is 3.59. The molecule has 30 heavy (non-hydrogen) atoms. The Kier molecular flexibility index (Phi) is 7.61. The van der Waals surface area contributed by atoms with E-state index in [4.69, 9.17) is 0 Å². The third-order valence-electron chi connectivity index (χ3n) is 4.59. The molecule has 8 heteroatoms. The zero-order valence-corrected chi connectivity index (χ0v) is 18.2. The SMILES string of the molecule is CCCCCc1cc(O)c(-c2cccc(C)c2)c(O)c1S(=O)(=O)NC(=O)CC(C)=O. The second-order valence-electron chi connectivity index (χ2n) is 7.34. The molecular weight excluding hydrogens is 406 g/mol. The van der Waals surface area contributed by atoms with E-state index >= 15 is 0 Å². The van der Waals surface area contributed by atoms with Crippen LogP contribution in [0.2, 0.25) is 0 Å². The number of benzene rings is 2. The summed E-state index contributed by atoms with van der Waals surface area (Å²) in [6.07, 6.45) is 2.07. The van der Waals surface area contributed by atoms with E-state index in [2.05, 4.69) is 0 Å². The number of ketones is 1. The highest BCUT2D eigenvalue weighted by atomic mass is 32.2. The van der Waals surface area contributed by atoms with Gasteiger partial charge < -0.3 is 10.2 Å². The van der Waals surface area contributed by atoms with Crippen LogP contribution in [0.15, 0.2) is 35.2 Å². The topological polar surface area (TPSA) is 121 Å². The lowest BCUT2D eigenvalue weighted by Gasteiger charge is -2.18. The maximum absolute atomic E-state index is 13.0. The van der Waals surface area contributed by atoms with Crippen molar-refractivity contribution in [2.24, 2.45) is 0 Å². The Morgan fingerprint density at radius 2 is 1.80 bits per heavy atom. The van der Waals surface area contributed by atoms with Crippen LogP contribution in [0, 0.1) is 6.92 Å². The molecular formula is C22H27NO6S. The first-order chi connectivity index (χ1) is 14.1. The van der Waals surface area contributed by atoms with Crippen LogP contribution in [-0.2, 0) is 26.0 Å². The van der Waals surface area contributed by atoms with E-state index < -0.39 is 38.8 Å². The molecule has 0 heterocycles. The summed E-state index contributed by atoms with van der Waals surface area (Å²) in [6, 6.07) is 8.22. The molecule has 0 bridgehead atoms. The molecule has 0 fully saturated rings. The van der Waals surface area contributed by atoms with Gasteiger partial charge in [0.1, 0.15) is 22.2 Å². The fourth-order valence-corrected chi connectivity index (χ4v) is 4.63. The molecule has 2 rings (SSSR count). The molecule has 0 aliphatic rings. The molecule has 162 valence electrons. The van der Waals surface area contributed by atoms with Crippen molar-refractivity contribution in [2.45, 2.75) is 57.8 Å². The third-order valence-corrected chi connectivity index (χ3v) is 6.08. The van der Waals surface area contributed by atoms with Crippen molar-refractivity contribution in [3.05, 3.63) is 41.5 Å². The van der Waals surface area contributed by atoms with Crippen LogP contribution in [0.1, 0.15) is 50.7 Å². The summed E-state index contributed by atoms with van der Waals surface area (Å²) >= 11 is 0. The first-order valence-corrected chi connectivity index (χ1v) is 11.2. The largest absolute Gasteiger partial charge is 0.507 e. The van der Waals surface area contributed by atoms with Crippen molar-refractivity contribution in [1.29, 1.82) is 0 Å². The van der Waals surface area contributed by atoms with Crippen molar-refractivity contribution in [3.8, 4) is 22.6 Å². The van der Waals surface area contributed by atoms with Gasteiger partial charge in [-0.15, -0.1) is 0 Å². The Balaban J connectivity index is 2.65. The Morgan fingerprint density at radius 3 is 2.40 bits per heavy atom. The summed E-state index contributed by atoms with van der Waals surface area (Å²) < 4.78 is 27.8. The van der Waals surface area contributed by atoms with Gasteiger partial charge in [0.25, 0.3) is 10.0 Å². The molecule has 0 aliphatic heterocycles. The Labute approximate surface area is 176 Å². The van der Waals surface area contributed by atoms with Gasteiger partial charge in [-0.3, -0.25) is 9.59 Å². The van der Waals surface area contributed by atoms with E-state index in [0.717, 1.165) is 18.4 Å². The number of carbonyl (C=O) groups is 2. The van der Waals surface area contributed by atoms with Crippen LogP contribution in [0.3, 0.4) is 0 Å². The van der Waals surface area contributed by atoms with Gasteiger partial charge in [-0.05, 0) is 43.9 Å². The first-order valence-electron chi connectivity index (χ1n) is 9.76. The highest BCUT2D eigenvalue weighted by molar-refractivity contribution is 7.90. The summed E-state index contributed by atoms with van der Waals surface area (Å²) in [5.74, 6) is -2.35. The highest BCUT2D eigenvalue weighted by Gasteiger charge is 2.29. The highest BCUT2D eigenvalue weighted by Crippen LogP contribution is 2.44. The van der Waals surface area contributed by atoms with Gasteiger partial charge in [0.05, 0.1) is 12.0 Å². The standard InChI is InChI=1S/C22H27NO6S/c1-4-5-6-9-17-13-18(25)20(16-10-7-8-14(2)11-16)21(27)22(17)30(28,29)23-19(26)12-15(3)24/h7-8,10-11,13,25,27H,4-6,9,12H2,1-3H3,(H,23,26). The molecule has 2 aromatic rings. The zero-order chi connectivity index (χ0) is 22.5. The summed E-state index contributed by atoms with van der Waals surface area (Å²) in [5, 5.41) is 21.5. The number of nitrogens with one attached hydrogen (secondary N) is 1. The maximum Gasteiger partial charge on any atom is 0.268 e. The van der Waals surface area contributed by atoms with E-state index in [9.17, 15) is 28.2 Å². The van der Waals surface area contributed by atoms with Crippen LogP contribution in [-0.4, -0.2) is 30.3 Å². The lowest BCUT2D eigenvalue weighted by atomic mass is 9.97. The number of phenols is 2. The number of aromatic hydroxyl groups is 2. The van der Waals surface area contributed by atoms with Gasteiger partial charge in [-0.2, -0.15) is 0 Å². The van der Waals surface area contributed by atoms with Gasteiger partial charge in [-0.25, -0.2) is 13.1 Å². The molecule has 0 unspecified atom stereocenters. The molecule has 0 aliphatic carbocycles.